The molecule has 0 N–H and O–H groups in total. The summed E-state index contributed by atoms with van der Waals surface area (Å²) in [5.41, 5.74) is 2.96. The number of aryl methyl sites for hydroxylation is 1. The maximum atomic E-state index is 12.3. The molecule has 0 fully saturated rings. The van der Waals surface area contributed by atoms with Crippen molar-refractivity contribution in [2.24, 2.45) is 0 Å². The Labute approximate surface area is 150 Å². The first kappa shape index (κ1) is 17.0. The van der Waals surface area contributed by atoms with Crippen molar-refractivity contribution in [3.63, 3.8) is 0 Å². The smallest absolute Gasteiger partial charge is 0.173 e. The molecule has 0 aliphatic heterocycles. The highest BCUT2D eigenvalue weighted by Gasteiger charge is 2.10. The van der Waals surface area contributed by atoms with E-state index in [0.717, 1.165) is 32.3 Å². The molecule has 0 aliphatic carbocycles. The number of hydrogen-bond acceptors (Lipinski definition) is 5. The third-order valence-corrected chi connectivity index (χ3v) is 5.82. The van der Waals surface area contributed by atoms with E-state index in [-0.39, 0.29) is 5.78 Å². The molecule has 3 nitrogen and oxygen atoms in total. The van der Waals surface area contributed by atoms with Crippen LogP contribution in [0.1, 0.15) is 29.8 Å². The van der Waals surface area contributed by atoms with Crippen LogP contribution >= 0.6 is 23.1 Å². The highest BCUT2D eigenvalue weighted by molar-refractivity contribution is 8.01. The summed E-state index contributed by atoms with van der Waals surface area (Å²) < 4.78 is 7.52. The minimum atomic E-state index is 0.136. The van der Waals surface area contributed by atoms with Crippen LogP contribution in [0.5, 0.6) is 5.75 Å². The Balaban J connectivity index is 1.67. The molecule has 0 saturated carbocycles. The number of carbonyl (C=O) groups is 1. The average Bonchev–Trinajstić information content (AvgIpc) is 3.02. The predicted octanol–water partition coefficient (Wildman–Crippen LogP) is 5.23. The SMILES string of the molecule is CCOc1ccc2nc(SCC(=O)c3ccc(CC)cc3)sc2c1. The second-order valence-electron chi connectivity index (χ2n) is 5.30. The van der Waals surface area contributed by atoms with E-state index in [1.807, 2.05) is 49.4 Å². The number of fused-ring (bicyclic) bond motifs is 1. The van der Waals surface area contributed by atoms with Crippen molar-refractivity contribution in [3.8, 4) is 5.75 Å². The molecule has 124 valence electrons. The number of Topliss-reactive ketones (excluding diaryl/α,β-unsaturated/α-hetero) is 1. The molecular weight excluding hydrogens is 338 g/mol. The topological polar surface area (TPSA) is 39.2 Å². The molecular formula is C19H19NO2S2. The molecule has 0 radical (unpaired) electrons. The van der Waals surface area contributed by atoms with Gasteiger partial charge in [-0.15, -0.1) is 11.3 Å². The van der Waals surface area contributed by atoms with Gasteiger partial charge < -0.3 is 4.74 Å². The number of carbonyl (C=O) groups excluding carboxylic acids is 1. The van der Waals surface area contributed by atoms with Crippen LogP contribution in [-0.4, -0.2) is 23.1 Å². The van der Waals surface area contributed by atoms with Crippen molar-refractivity contribution in [2.75, 3.05) is 12.4 Å². The fourth-order valence-corrected chi connectivity index (χ4v) is 4.33. The van der Waals surface area contributed by atoms with E-state index in [9.17, 15) is 4.79 Å². The van der Waals surface area contributed by atoms with Gasteiger partial charge in [-0.2, -0.15) is 0 Å². The molecule has 0 aliphatic rings. The molecule has 1 aromatic heterocycles. The second kappa shape index (κ2) is 7.81. The summed E-state index contributed by atoms with van der Waals surface area (Å²) in [6, 6.07) is 13.8. The van der Waals surface area contributed by atoms with Crippen molar-refractivity contribution in [1.82, 2.24) is 4.98 Å². The molecule has 0 amide bonds. The molecule has 0 spiro atoms. The summed E-state index contributed by atoms with van der Waals surface area (Å²) in [5, 5.41) is 0. The summed E-state index contributed by atoms with van der Waals surface area (Å²) in [4.78, 5) is 16.9. The summed E-state index contributed by atoms with van der Waals surface area (Å²) in [7, 11) is 0. The number of ether oxygens (including phenoxy) is 1. The zero-order chi connectivity index (χ0) is 16.9. The lowest BCUT2D eigenvalue weighted by atomic mass is 10.1. The Morgan fingerprint density at radius 1 is 1.17 bits per heavy atom. The first-order chi connectivity index (χ1) is 11.7. The molecule has 0 unspecified atom stereocenters. The number of nitrogens with zero attached hydrogens (tertiary/aromatic N) is 1. The molecule has 24 heavy (non-hydrogen) atoms. The van der Waals surface area contributed by atoms with E-state index in [1.54, 1.807) is 11.3 Å². The highest BCUT2D eigenvalue weighted by atomic mass is 32.2. The Morgan fingerprint density at radius 2 is 1.96 bits per heavy atom. The zero-order valence-electron chi connectivity index (χ0n) is 13.7. The van der Waals surface area contributed by atoms with Crippen molar-refractivity contribution in [2.45, 2.75) is 24.6 Å². The third kappa shape index (κ3) is 3.97. The van der Waals surface area contributed by atoms with Gasteiger partial charge in [-0.25, -0.2) is 4.98 Å². The van der Waals surface area contributed by atoms with Crippen molar-refractivity contribution in [1.29, 1.82) is 0 Å². The number of thiazole rings is 1. The summed E-state index contributed by atoms with van der Waals surface area (Å²) in [5.74, 6) is 1.40. The van der Waals surface area contributed by atoms with E-state index in [2.05, 4.69) is 11.9 Å². The maximum Gasteiger partial charge on any atom is 0.173 e. The first-order valence-electron chi connectivity index (χ1n) is 7.98. The standard InChI is InChI=1S/C19H19NO2S2/c1-3-13-5-7-14(8-6-13)17(21)12-23-19-20-16-10-9-15(22-4-2)11-18(16)24-19/h5-11H,3-4,12H2,1-2H3. The normalized spacial score (nSPS) is 10.9. The Bertz CT molecular complexity index is 840. The van der Waals surface area contributed by atoms with Gasteiger partial charge in [0.1, 0.15) is 5.75 Å². The molecule has 5 heteroatoms. The van der Waals surface area contributed by atoms with Crippen LogP contribution in [-0.2, 0) is 6.42 Å². The molecule has 2 aromatic carbocycles. The number of ketones is 1. The molecule has 0 atom stereocenters. The van der Waals surface area contributed by atoms with Crippen molar-refractivity contribution >= 4 is 39.1 Å². The van der Waals surface area contributed by atoms with Crippen molar-refractivity contribution in [3.05, 3.63) is 53.6 Å². The van der Waals surface area contributed by atoms with Crippen LogP contribution in [0.4, 0.5) is 0 Å². The average molecular weight is 358 g/mol. The van der Waals surface area contributed by atoms with E-state index in [1.165, 1.54) is 17.3 Å². The Hall–Kier alpha value is -1.85. The summed E-state index contributed by atoms with van der Waals surface area (Å²) in [6.45, 7) is 4.73. The lowest BCUT2D eigenvalue weighted by molar-refractivity contribution is 0.102. The third-order valence-electron chi connectivity index (χ3n) is 3.66. The van der Waals surface area contributed by atoms with Crippen LogP contribution in [0, 0.1) is 0 Å². The zero-order valence-corrected chi connectivity index (χ0v) is 15.4. The van der Waals surface area contributed by atoms with E-state index >= 15 is 0 Å². The van der Waals surface area contributed by atoms with Gasteiger partial charge in [0, 0.05) is 5.56 Å². The number of hydrogen-bond donors (Lipinski definition) is 0. The van der Waals surface area contributed by atoms with Gasteiger partial charge in [-0.05, 0) is 37.1 Å². The molecule has 1 heterocycles. The Kier molecular flexibility index (Phi) is 5.53. The second-order valence-corrected chi connectivity index (χ2v) is 7.56. The Morgan fingerprint density at radius 3 is 2.67 bits per heavy atom. The van der Waals surface area contributed by atoms with Crippen LogP contribution in [0.15, 0.2) is 46.8 Å². The van der Waals surface area contributed by atoms with Crippen LogP contribution in [0.3, 0.4) is 0 Å². The quantitative estimate of drug-likeness (QED) is 0.428. The highest BCUT2D eigenvalue weighted by Crippen LogP contribution is 2.32. The summed E-state index contributed by atoms with van der Waals surface area (Å²) in [6.07, 6.45) is 0.985. The van der Waals surface area contributed by atoms with Crippen LogP contribution in [0.2, 0.25) is 0 Å². The van der Waals surface area contributed by atoms with Gasteiger partial charge >= 0.3 is 0 Å². The molecule has 0 bridgehead atoms. The molecule has 3 aromatic rings. The fraction of sp³-hybridized carbons (Fsp3) is 0.263. The van der Waals surface area contributed by atoms with Gasteiger partial charge in [0.05, 0.1) is 22.6 Å². The van der Waals surface area contributed by atoms with E-state index < -0.39 is 0 Å². The lowest BCUT2D eigenvalue weighted by Crippen LogP contribution is -2.02. The molecule has 3 rings (SSSR count). The van der Waals surface area contributed by atoms with E-state index in [0.29, 0.717) is 12.4 Å². The van der Waals surface area contributed by atoms with Gasteiger partial charge in [0.25, 0.3) is 0 Å². The molecule has 0 saturated heterocycles. The van der Waals surface area contributed by atoms with Crippen molar-refractivity contribution < 1.29 is 9.53 Å². The number of aromatic nitrogens is 1. The fourth-order valence-electron chi connectivity index (χ4n) is 2.34. The number of thioether (sulfide) groups is 1. The number of benzene rings is 2. The minimum absolute atomic E-state index is 0.136. The van der Waals surface area contributed by atoms with E-state index in [4.69, 9.17) is 4.74 Å². The van der Waals surface area contributed by atoms with Gasteiger partial charge in [-0.1, -0.05) is 43.0 Å². The van der Waals surface area contributed by atoms with Crippen LogP contribution in [0.25, 0.3) is 10.2 Å². The summed E-state index contributed by atoms with van der Waals surface area (Å²) >= 11 is 3.10. The van der Waals surface area contributed by atoms with Gasteiger partial charge in [0.15, 0.2) is 10.1 Å². The number of rotatable bonds is 7. The monoisotopic (exact) mass is 357 g/mol. The first-order valence-corrected chi connectivity index (χ1v) is 9.78. The minimum Gasteiger partial charge on any atom is -0.494 e. The van der Waals surface area contributed by atoms with Crippen LogP contribution < -0.4 is 4.74 Å². The van der Waals surface area contributed by atoms with Gasteiger partial charge in [-0.3, -0.25) is 4.79 Å². The maximum absolute atomic E-state index is 12.3. The lowest BCUT2D eigenvalue weighted by Gasteiger charge is -2.01. The predicted molar refractivity (Wildman–Crippen MR) is 102 cm³/mol. The largest absolute Gasteiger partial charge is 0.494 e. The van der Waals surface area contributed by atoms with Gasteiger partial charge in [0.2, 0.25) is 0 Å².